The van der Waals surface area contributed by atoms with E-state index in [9.17, 15) is 4.79 Å². The van der Waals surface area contributed by atoms with Gasteiger partial charge in [0.1, 0.15) is 11.3 Å². The maximum Gasteiger partial charge on any atom is 0.291 e. The number of carbonyl (C=O) groups excluding carboxylic acids is 1. The molecule has 0 saturated carbocycles. The highest BCUT2D eigenvalue weighted by molar-refractivity contribution is 6.02. The van der Waals surface area contributed by atoms with Gasteiger partial charge in [-0.25, -0.2) is 0 Å². The highest BCUT2D eigenvalue weighted by atomic mass is 16.3. The van der Waals surface area contributed by atoms with E-state index < -0.39 is 0 Å². The molecule has 0 aliphatic rings. The van der Waals surface area contributed by atoms with E-state index in [1.165, 1.54) is 6.26 Å². The quantitative estimate of drug-likeness (QED) is 0.319. The molecule has 0 aliphatic heterocycles. The molecule has 4 aromatic rings. The van der Waals surface area contributed by atoms with Crippen molar-refractivity contribution in [3.8, 4) is 0 Å². The molecule has 0 bridgehead atoms. The number of rotatable bonds is 6. The van der Waals surface area contributed by atoms with Crippen LogP contribution < -0.4 is 16.0 Å². The molecule has 4 rings (SSSR count). The van der Waals surface area contributed by atoms with Crippen molar-refractivity contribution in [3.05, 3.63) is 89.6 Å². The van der Waals surface area contributed by atoms with Crippen LogP contribution >= 0.6 is 0 Å². The number of guanidine groups is 1. The van der Waals surface area contributed by atoms with Crippen molar-refractivity contribution in [2.75, 3.05) is 12.4 Å². The average Bonchev–Trinajstić information content (AvgIpc) is 3.44. The lowest BCUT2D eigenvalue weighted by atomic mass is 10.1. The second-order valence-corrected chi connectivity index (χ2v) is 7.05. The summed E-state index contributed by atoms with van der Waals surface area (Å²) in [5.41, 5.74) is 3.77. The molecule has 7 nitrogen and oxygen atoms in total. The van der Waals surface area contributed by atoms with E-state index in [0.717, 1.165) is 27.9 Å². The molecule has 2 aromatic carbocycles. The van der Waals surface area contributed by atoms with Crippen LogP contribution in [-0.4, -0.2) is 18.9 Å². The topological polar surface area (TPSA) is 91.8 Å². The lowest BCUT2D eigenvalue weighted by Gasteiger charge is -2.12. The molecule has 158 valence electrons. The van der Waals surface area contributed by atoms with Crippen molar-refractivity contribution in [2.24, 2.45) is 4.99 Å². The third kappa shape index (κ3) is 4.78. The Labute approximate surface area is 180 Å². The van der Waals surface area contributed by atoms with Crippen molar-refractivity contribution < 1.29 is 13.6 Å². The van der Waals surface area contributed by atoms with Crippen molar-refractivity contribution in [2.45, 2.75) is 20.0 Å². The number of hydrogen-bond donors (Lipinski definition) is 3. The van der Waals surface area contributed by atoms with Gasteiger partial charge in [-0.3, -0.25) is 9.79 Å². The van der Waals surface area contributed by atoms with Crippen LogP contribution in [0.3, 0.4) is 0 Å². The van der Waals surface area contributed by atoms with Crippen molar-refractivity contribution in [1.82, 2.24) is 10.6 Å². The van der Waals surface area contributed by atoms with Gasteiger partial charge in [-0.1, -0.05) is 30.3 Å². The number of amides is 1. The summed E-state index contributed by atoms with van der Waals surface area (Å²) in [4.78, 5) is 16.3. The molecule has 0 unspecified atom stereocenters. The Morgan fingerprint density at radius 1 is 0.968 bits per heavy atom. The molecule has 0 spiro atoms. The summed E-state index contributed by atoms with van der Waals surface area (Å²) in [6.07, 6.45) is 1.47. The summed E-state index contributed by atoms with van der Waals surface area (Å²) < 4.78 is 11.0. The molecule has 7 heteroatoms. The SMILES string of the molecule is CN=C(NCc1ccc(NC(=O)c2ccco2)cc1)NCc1oc2ccccc2c1C. The van der Waals surface area contributed by atoms with Gasteiger partial charge in [0.15, 0.2) is 11.7 Å². The van der Waals surface area contributed by atoms with Crippen LogP contribution in [0.5, 0.6) is 0 Å². The Morgan fingerprint density at radius 2 is 1.74 bits per heavy atom. The van der Waals surface area contributed by atoms with Crippen LogP contribution in [-0.2, 0) is 13.1 Å². The second-order valence-electron chi connectivity index (χ2n) is 7.05. The molecule has 2 aromatic heterocycles. The Bertz CT molecular complexity index is 1190. The maximum atomic E-state index is 12.0. The summed E-state index contributed by atoms with van der Waals surface area (Å²) in [5, 5.41) is 10.5. The van der Waals surface area contributed by atoms with Crippen LogP contribution in [0.4, 0.5) is 5.69 Å². The summed E-state index contributed by atoms with van der Waals surface area (Å²) in [6.45, 7) is 3.19. The van der Waals surface area contributed by atoms with Gasteiger partial charge in [-0.15, -0.1) is 0 Å². The Balaban J connectivity index is 1.30. The van der Waals surface area contributed by atoms with Crippen LogP contribution in [0.15, 0.2) is 80.8 Å². The van der Waals surface area contributed by atoms with Crippen molar-refractivity contribution >= 4 is 28.5 Å². The van der Waals surface area contributed by atoms with Crippen LogP contribution in [0.1, 0.15) is 27.4 Å². The zero-order valence-electron chi connectivity index (χ0n) is 17.4. The number of aryl methyl sites for hydroxylation is 1. The number of para-hydroxylation sites is 1. The first-order chi connectivity index (χ1) is 15.1. The average molecular weight is 416 g/mol. The zero-order chi connectivity index (χ0) is 21.6. The molecule has 31 heavy (non-hydrogen) atoms. The molecule has 2 heterocycles. The number of benzene rings is 2. The summed E-state index contributed by atoms with van der Waals surface area (Å²) in [7, 11) is 1.73. The molecular formula is C24H24N4O3. The molecule has 0 saturated heterocycles. The molecule has 3 N–H and O–H groups in total. The summed E-state index contributed by atoms with van der Waals surface area (Å²) in [5.74, 6) is 1.57. The Hall–Kier alpha value is -4.00. The van der Waals surface area contributed by atoms with E-state index in [1.807, 2.05) is 42.5 Å². The van der Waals surface area contributed by atoms with Gasteiger partial charge in [0, 0.05) is 30.2 Å². The zero-order valence-corrected chi connectivity index (χ0v) is 17.4. The van der Waals surface area contributed by atoms with Gasteiger partial charge in [0.25, 0.3) is 5.91 Å². The number of carbonyl (C=O) groups is 1. The number of hydrogen-bond acceptors (Lipinski definition) is 4. The Kier molecular flexibility index (Phi) is 6.03. The number of furan rings is 2. The molecule has 0 atom stereocenters. The third-order valence-corrected chi connectivity index (χ3v) is 5.00. The van der Waals surface area contributed by atoms with Gasteiger partial charge >= 0.3 is 0 Å². The molecule has 1 amide bonds. The lowest BCUT2D eigenvalue weighted by molar-refractivity contribution is 0.0996. The maximum absolute atomic E-state index is 12.0. The first-order valence-corrected chi connectivity index (χ1v) is 9.99. The first kappa shape index (κ1) is 20.3. The van der Waals surface area contributed by atoms with Crippen LogP contribution in [0.25, 0.3) is 11.0 Å². The molecule has 0 fully saturated rings. The first-order valence-electron chi connectivity index (χ1n) is 9.99. The predicted molar refractivity (Wildman–Crippen MR) is 121 cm³/mol. The van der Waals surface area contributed by atoms with E-state index >= 15 is 0 Å². The smallest absolute Gasteiger partial charge is 0.291 e. The normalized spacial score (nSPS) is 11.5. The highest BCUT2D eigenvalue weighted by Gasteiger charge is 2.11. The highest BCUT2D eigenvalue weighted by Crippen LogP contribution is 2.24. The van der Waals surface area contributed by atoms with Crippen molar-refractivity contribution in [3.63, 3.8) is 0 Å². The fourth-order valence-corrected chi connectivity index (χ4v) is 3.27. The minimum Gasteiger partial charge on any atom is -0.459 e. The van der Waals surface area contributed by atoms with Crippen LogP contribution in [0.2, 0.25) is 0 Å². The molecule has 0 radical (unpaired) electrons. The van der Waals surface area contributed by atoms with E-state index in [0.29, 0.717) is 24.7 Å². The minimum absolute atomic E-state index is 0.277. The third-order valence-electron chi connectivity index (χ3n) is 5.00. The van der Waals surface area contributed by atoms with Crippen LogP contribution in [0, 0.1) is 6.92 Å². The number of aliphatic imine (C=N–C) groups is 1. The Morgan fingerprint density at radius 3 is 2.45 bits per heavy atom. The molecule has 0 aliphatic carbocycles. The number of nitrogens with zero attached hydrogens (tertiary/aromatic N) is 1. The lowest BCUT2D eigenvalue weighted by Crippen LogP contribution is -2.36. The van der Waals surface area contributed by atoms with Gasteiger partial charge in [0.2, 0.25) is 0 Å². The van der Waals surface area contributed by atoms with Gasteiger partial charge in [0.05, 0.1) is 12.8 Å². The number of fused-ring (bicyclic) bond motifs is 1. The number of nitrogens with one attached hydrogen (secondary N) is 3. The molecular weight excluding hydrogens is 392 g/mol. The van der Waals surface area contributed by atoms with Crippen molar-refractivity contribution in [1.29, 1.82) is 0 Å². The van der Waals surface area contributed by atoms with Gasteiger partial charge < -0.3 is 24.8 Å². The van der Waals surface area contributed by atoms with Gasteiger partial charge in [-0.2, -0.15) is 0 Å². The fourth-order valence-electron chi connectivity index (χ4n) is 3.27. The van der Waals surface area contributed by atoms with E-state index in [1.54, 1.807) is 19.2 Å². The minimum atomic E-state index is -0.277. The summed E-state index contributed by atoms with van der Waals surface area (Å²) >= 11 is 0. The predicted octanol–water partition coefficient (Wildman–Crippen LogP) is 4.45. The summed E-state index contributed by atoms with van der Waals surface area (Å²) in [6, 6.07) is 18.9. The second kappa shape index (κ2) is 9.21. The van der Waals surface area contributed by atoms with E-state index in [4.69, 9.17) is 8.83 Å². The van der Waals surface area contributed by atoms with E-state index in [2.05, 4.69) is 33.9 Å². The standard InChI is InChI=1S/C24H24N4O3/c1-16-19-6-3-4-7-20(19)31-22(16)15-27-24(25-2)26-14-17-9-11-18(12-10-17)28-23(29)21-8-5-13-30-21/h3-13H,14-15H2,1-2H3,(H,28,29)(H2,25,26,27). The van der Waals surface area contributed by atoms with Gasteiger partial charge in [-0.05, 0) is 42.8 Å². The monoisotopic (exact) mass is 416 g/mol. The fraction of sp³-hybridized carbons (Fsp3) is 0.167. The number of anilines is 1. The van der Waals surface area contributed by atoms with E-state index in [-0.39, 0.29) is 11.7 Å². The largest absolute Gasteiger partial charge is 0.459 e.